The van der Waals surface area contributed by atoms with E-state index in [-0.39, 0.29) is 21.7 Å². The van der Waals surface area contributed by atoms with Crippen LogP contribution in [0.4, 0.5) is 18.9 Å². The number of nitrogens with one attached hydrogen (secondary N) is 1. The molecule has 0 saturated heterocycles. The molecule has 0 bridgehead atoms. The Labute approximate surface area is 209 Å². The normalized spacial score (nSPS) is 17.1. The summed E-state index contributed by atoms with van der Waals surface area (Å²) in [4.78, 5) is 39.1. The second kappa shape index (κ2) is 9.79. The molecule has 1 atom stereocenters. The van der Waals surface area contributed by atoms with Crippen molar-refractivity contribution < 1.29 is 40.7 Å². The van der Waals surface area contributed by atoms with Crippen LogP contribution in [0.25, 0.3) is 0 Å². The minimum absolute atomic E-state index is 0.0156. The van der Waals surface area contributed by atoms with Gasteiger partial charge in [0.05, 0.1) is 24.1 Å². The summed E-state index contributed by atoms with van der Waals surface area (Å²) in [7, 11) is -3.07. The van der Waals surface area contributed by atoms with Gasteiger partial charge in [-0.15, -0.1) is 0 Å². The van der Waals surface area contributed by atoms with Crippen molar-refractivity contribution in [3.8, 4) is 5.75 Å². The Morgan fingerprint density at radius 3 is 2.19 bits per heavy atom. The summed E-state index contributed by atoms with van der Waals surface area (Å²) in [6.45, 7) is -0.935. The minimum Gasteiger partial charge on any atom is -0.497 e. The lowest BCUT2D eigenvalue weighted by molar-refractivity contribution is -0.137. The van der Waals surface area contributed by atoms with Gasteiger partial charge in [-0.1, -0.05) is 12.1 Å². The van der Waals surface area contributed by atoms with E-state index in [1.54, 1.807) is 0 Å². The molecule has 0 saturated carbocycles. The van der Waals surface area contributed by atoms with Crippen LogP contribution in [-0.2, 0) is 21.0 Å². The van der Waals surface area contributed by atoms with E-state index in [0.29, 0.717) is 10.1 Å². The number of methoxy groups -OCH3 is 1. The maximum atomic E-state index is 13.4. The van der Waals surface area contributed by atoms with Gasteiger partial charge in [-0.05, 0) is 60.7 Å². The van der Waals surface area contributed by atoms with Crippen LogP contribution in [-0.4, -0.2) is 49.9 Å². The van der Waals surface area contributed by atoms with E-state index in [9.17, 15) is 36.0 Å². The number of alkyl halides is 3. The predicted octanol–water partition coefficient (Wildman–Crippen LogP) is 3.79. The highest BCUT2D eigenvalue weighted by molar-refractivity contribution is 7.89. The van der Waals surface area contributed by atoms with Gasteiger partial charge in [0.2, 0.25) is 15.9 Å². The standard InChI is InChI=1S/C25H19F3N2O6S/c1-36-18-12-6-15(7-13-18)23(32)22-24(33)19-4-2-3-5-20(19)37(34,35)30(22)14-21(31)29-17-10-8-16(9-11-17)25(26,27)28/h2-13,22H,14H2,1H3,(H,29,31). The van der Waals surface area contributed by atoms with Gasteiger partial charge >= 0.3 is 6.18 Å². The Hall–Kier alpha value is -4.03. The number of ether oxygens (including phenoxy) is 1. The Bertz CT molecular complexity index is 1470. The highest BCUT2D eigenvalue weighted by Gasteiger charge is 2.48. The Kier molecular flexibility index (Phi) is 6.89. The number of anilines is 1. The number of sulfonamides is 1. The van der Waals surface area contributed by atoms with E-state index in [0.717, 1.165) is 24.3 Å². The first-order valence-corrected chi connectivity index (χ1v) is 12.2. The fraction of sp³-hybridized carbons (Fsp3) is 0.160. The summed E-state index contributed by atoms with van der Waals surface area (Å²) in [5, 5.41) is 2.31. The number of hydrogen-bond acceptors (Lipinski definition) is 6. The third kappa shape index (κ3) is 5.11. The maximum absolute atomic E-state index is 13.4. The molecule has 1 N–H and O–H groups in total. The number of hydrogen-bond donors (Lipinski definition) is 1. The van der Waals surface area contributed by atoms with Crippen LogP contribution in [0, 0.1) is 0 Å². The lowest BCUT2D eigenvalue weighted by atomic mass is 9.95. The summed E-state index contributed by atoms with van der Waals surface area (Å²) >= 11 is 0. The number of halogens is 3. The molecule has 1 aliphatic heterocycles. The molecule has 0 aromatic heterocycles. The van der Waals surface area contributed by atoms with Crippen molar-refractivity contribution in [2.24, 2.45) is 0 Å². The molecule has 0 radical (unpaired) electrons. The fourth-order valence-electron chi connectivity index (χ4n) is 3.86. The van der Waals surface area contributed by atoms with Gasteiger partial charge in [-0.3, -0.25) is 14.4 Å². The van der Waals surface area contributed by atoms with Crippen LogP contribution in [0.3, 0.4) is 0 Å². The van der Waals surface area contributed by atoms with Gasteiger partial charge in [0.25, 0.3) is 0 Å². The number of rotatable bonds is 6. The summed E-state index contributed by atoms with van der Waals surface area (Å²) in [5.41, 5.74) is -1.13. The largest absolute Gasteiger partial charge is 0.497 e. The van der Waals surface area contributed by atoms with Crippen molar-refractivity contribution in [2.45, 2.75) is 17.1 Å². The van der Waals surface area contributed by atoms with Gasteiger partial charge in [-0.2, -0.15) is 17.5 Å². The fourth-order valence-corrected chi connectivity index (χ4v) is 5.57. The SMILES string of the molecule is COc1ccc(C(=O)C2C(=O)c3ccccc3S(=O)(=O)N2CC(=O)Nc2ccc(C(F)(F)F)cc2)cc1. The molecular formula is C25H19F3N2O6S. The summed E-state index contributed by atoms with van der Waals surface area (Å²) in [6, 6.07) is 12.6. The average molecular weight is 532 g/mol. The first-order chi connectivity index (χ1) is 17.4. The highest BCUT2D eigenvalue weighted by Crippen LogP contribution is 2.32. The second-order valence-electron chi connectivity index (χ2n) is 8.03. The minimum atomic E-state index is -4.58. The number of ketones is 2. The van der Waals surface area contributed by atoms with E-state index >= 15 is 0 Å². The lowest BCUT2D eigenvalue weighted by Gasteiger charge is -2.33. The van der Waals surface area contributed by atoms with Crippen LogP contribution in [0.2, 0.25) is 0 Å². The topological polar surface area (TPSA) is 110 Å². The Balaban J connectivity index is 1.68. The van der Waals surface area contributed by atoms with E-state index in [1.165, 1.54) is 55.6 Å². The van der Waals surface area contributed by atoms with Crippen molar-refractivity contribution in [2.75, 3.05) is 19.0 Å². The molecule has 192 valence electrons. The average Bonchev–Trinajstić information content (AvgIpc) is 2.87. The summed E-state index contributed by atoms with van der Waals surface area (Å²) in [6.07, 6.45) is -4.58. The van der Waals surface area contributed by atoms with Crippen molar-refractivity contribution in [1.82, 2.24) is 4.31 Å². The molecule has 1 heterocycles. The van der Waals surface area contributed by atoms with Crippen molar-refractivity contribution >= 4 is 33.2 Å². The third-order valence-electron chi connectivity index (χ3n) is 5.69. The quantitative estimate of drug-likeness (QED) is 0.382. The van der Waals surface area contributed by atoms with Crippen molar-refractivity contribution in [1.29, 1.82) is 0 Å². The molecule has 3 aromatic rings. The van der Waals surface area contributed by atoms with E-state index in [2.05, 4.69) is 5.32 Å². The zero-order valence-corrected chi connectivity index (χ0v) is 20.0. The first-order valence-electron chi connectivity index (χ1n) is 10.7. The van der Waals surface area contributed by atoms with Gasteiger partial charge in [0, 0.05) is 16.8 Å². The Morgan fingerprint density at radius 2 is 1.59 bits per heavy atom. The lowest BCUT2D eigenvalue weighted by Crippen LogP contribution is -2.55. The molecule has 0 fully saturated rings. The van der Waals surface area contributed by atoms with Crippen LogP contribution >= 0.6 is 0 Å². The van der Waals surface area contributed by atoms with Crippen molar-refractivity contribution in [3.05, 3.63) is 89.5 Å². The molecule has 0 aliphatic carbocycles. The van der Waals surface area contributed by atoms with Gasteiger partial charge in [0.1, 0.15) is 5.75 Å². The molecule has 4 rings (SSSR count). The zero-order valence-electron chi connectivity index (χ0n) is 19.2. The molecule has 1 amide bonds. The van der Waals surface area contributed by atoms with Crippen LogP contribution in [0.1, 0.15) is 26.3 Å². The molecule has 1 aliphatic rings. The molecule has 37 heavy (non-hydrogen) atoms. The summed E-state index contributed by atoms with van der Waals surface area (Å²) < 4.78 is 70.8. The Morgan fingerprint density at radius 1 is 0.973 bits per heavy atom. The maximum Gasteiger partial charge on any atom is 0.416 e. The first kappa shape index (κ1) is 26.0. The van der Waals surface area contributed by atoms with E-state index < -0.39 is 51.8 Å². The molecule has 1 unspecified atom stereocenters. The summed E-state index contributed by atoms with van der Waals surface area (Å²) in [5.74, 6) is -2.19. The van der Waals surface area contributed by atoms with Gasteiger partial charge in [0.15, 0.2) is 17.6 Å². The molecule has 0 spiro atoms. The number of fused-ring (bicyclic) bond motifs is 1. The van der Waals surface area contributed by atoms with Gasteiger partial charge in [-0.25, -0.2) is 8.42 Å². The monoisotopic (exact) mass is 532 g/mol. The van der Waals surface area contributed by atoms with Crippen LogP contribution in [0.5, 0.6) is 5.75 Å². The van der Waals surface area contributed by atoms with Crippen LogP contribution < -0.4 is 10.1 Å². The second-order valence-corrected chi connectivity index (χ2v) is 9.89. The van der Waals surface area contributed by atoms with Crippen molar-refractivity contribution in [3.63, 3.8) is 0 Å². The molecule has 8 nitrogen and oxygen atoms in total. The third-order valence-corrected chi connectivity index (χ3v) is 7.56. The number of carbonyl (C=O) groups excluding carboxylic acids is 3. The van der Waals surface area contributed by atoms with E-state index in [1.807, 2.05) is 0 Å². The van der Waals surface area contributed by atoms with Gasteiger partial charge < -0.3 is 10.1 Å². The number of Topliss-reactive ketones (excluding diaryl/α,β-unsaturated/α-hetero) is 2. The van der Waals surface area contributed by atoms with Crippen LogP contribution in [0.15, 0.2) is 77.7 Å². The molecule has 12 heteroatoms. The predicted molar refractivity (Wildman–Crippen MR) is 126 cm³/mol. The molecule has 3 aromatic carbocycles. The number of amides is 1. The van der Waals surface area contributed by atoms with E-state index in [4.69, 9.17) is 4.74 Å². The number of benzene rings is 3. The number of carbonyl (C=O) groups is 3. The highest BCUT2D eigenvalue weighted by atomic mass is 32.2. The zero-order chi connectivity index (χ0) is 27.0. The number of nitrogens with zero attached hydrogens (tertiary/aromatic N) is 1. The molecular weight excluding hydrogens is 513 g/mol. The smallest absolute Gasteiger partial charge is 0.416 e.